The van der Waals surface area contributed by atoms with Gasteiger partial charge >= 0.3 is 0 Å². The lowest BCUT2D eigenvalue weighted by Crippen LogP contribution is -2.38. The molecule has 0 aromatic heterocycles. The molecule has 1 aromatic carbocycles. The molecule has 1 saturated carbocycles. The van der Waals surface area contributed by atoms with Crippen molar-refractivity contribution in [2.75, 3.05) is 12.0 Å². The van der Waals surface area contributed by atoms with Crippen LogP contribution >= 0.6 is 11.8 Å². The zero-order chi connectivity index (χ0) is 15.4. The Labute approximate surface area is 127 Å². The number of thioether (sulfide) groups is 1. The van der Waals surface area contributed by atoms with Gasteiger partial charge < -0.3 is 11.1 Å². The fourth-order valence-electron chi connectivity index (χ4n) is 2.60. The van der Waals surface area contributed by atoms with E-state index >= 15 is 0 Å². The number of carbonyl (C=O) groups is 1. The molecule has 0 saturated heterocycles. The smallest absolute Gasteiger partial charge is 0.282 e. The van der Waals surface area contributed by atoms with Crippen molar-refractivity contribution in [2.45, 2.75) is 37.0 Å². The van der Waals surface area contributed by atoms with Crippen LogP contribution in [0, 0.1) is 10.1 Å². The molecular formula is C14H19N3O3S. The van der Waals surface area contributed by atoms with E-state index in [9.17, 15) is 14.9 Å². The number of nitrogen functional groups attached to an aromatic ring is 1. The molecule has 0 unspecified atom stereocenters. The van der Waals surface area contributed by atoms with E-state index in [1.807, 2.05) is 11.8 Å². The molecule has 1 aromatic rings. The average Bonchev–Trinajstić information content (AvgIpc) is 2.47. The van der Waals surface area contributed by atoms with Crippen LogP contribution in [0.4, 0.5) is 11.4 Å². The van der Waals surface area contributed by atoms with Gasteiger partial charge in [-0.2, -0.15) is 11.8 Å². The van der Waals surface area contributed by atoms with Crippen LogP contribution in [-0.4, -0.2) is 28.4 Å². The highest BCUT2D eigenvalue weighted by Crippen LogP contribution is 2.27. The Kier molecular flexibility index (Phi) is 5.06. The molecule has 1 aliphatic carbocycles. The van der Waals surface area contributed by atoms with E-state index < -0.39 is 10.8 Å². The predicted molar refractivity (Wildman–Crippen MR) is 84.5 cm³/mol. The number of anilines is 1. The standard InChI is InChI=1S/C14H19N3O3S/c1-21-11-5-3-10(4-6-11)16-14(18)12-8-9(15)2-7-13(12)17(19)20/h2,7-8,10-11H,3-6,15H2,1H3,(H,16,18). The second-order valence-corrected chi connectivity index (χ2v) is 6.35. The Morgan fingerprint density at radius 2 is 2.05 bits per heavy atom. The number of amides is 1. The van der Waals surface area contributed by atoms with E-state index in [1.165, 1.54) is 18.2 Å². The second-order valence-electron chi connectivity index (χ2n) is 5.22. The Hall–Kier alpha value is -1.76. The number of nitro groups is 1. The largest absolute Gasteiger partial charge is 0.399 e. The van der Waals surface area contributed by atoms with Crippen molar-refractivity contribution in [3.63, 3.8) is 0 Å². The number of benzene rings is 1. The van der Waals surface area contributed by atoms with Crippen LogP contribution < -0.4 is 11.1 Å². The molecule has 2 rings (SSSR count). The van der Waals surface area contributed by atoms with Gasteiger partial charge in [-0.05, 0) is 44.1 Å². The third-order valence-corrected chi connectivity index (χ3v) is 4.94. The van der Waals surface area contributed by atoms with Gasteiger partial charge in [-0.3, -0.25) is 14.9 Å². The minimum atomic E-state index is -0.557. The SMILES string of the molecule is CSC1CCC(NC(=O)c2cc(N)ccc2[N+](=O)[O-])CC1. The van der Waals surface area contributed by atoms with Gasteiger partial charge in [0.1, 0.15) is 5.56 Å². The molecule has 0 heterocycles. The van der Waals surface area contributed by atoms with Crippen molar-refractivity contribution in [1.29, 1.82) is 0 Å². The molecule has 0 radical (unpaired) electrons. The van der Waals surface area contributed by atoms with E-state index in [0.29, 0.717) is 10.9 Å². The first-order valence-electron chi connectivity index (χ1n) is 6.89. The van der Waals surface area contributed by atoms with Gasteiger partial charge in [0.2, 0.25) is 0 Å². The van der Waals surface area contributed by atoms with Gasteiger partial charge in [-0.25, -0.2) is 0 Å². The Morgan fingerprint density at radius 3 is 2.62 bits per heavy atom. The summed E-state index contributed by atoms with van der Waals surface area (Å²) in [7, 11) is 0. The van der Waals surface area contributed by atoms with Crippen LogP contribution in [0.25, 0.3) is 0 Å². The van der Waals surface area contributed by atoms with Gasteiger partial charge in [-0.15, -0.1) is 0 Å². The number of nitro benzene ring substituents is 1. The first kappa shape index (κ1) is 15.6. The molecule has 7 heteroatoms. The van der Waals surface area contributed by atoms with Gasteiger partial charge in [0, 0.05) is 23.0 Å². The van der Waals surface area contributed by atoms with Crippen molar-refractivity contribution in [1.82, 2.24) is 5.32 Å². The van der Waals surface area contributed by atoms with Gasteiger partial charge in [-0.1, -0.05) is 0 Å². The highest BCUT2D eigenvalue weighted by atomic mass is 32.2. The lowest BCUT2D eigenvalue weighted by atomic mass is 9.94. The lowest BCUT2D eigenvalue weighted by molar-refractivity contribution is -0.385. The molecule has 1 amide bonds. The number of rotatable bonds is 4. The fraction of sp³-hybridized carbons (Fsp3) is 0.500. The van der Waals surface area contributed by atoms with Crippen LogP contribution in [0.5, 0.6) is 0 Å². The number of hydrogen-bond donors (Lipinski definition) is 2. The Morgan fingerprint density at radius 1 is 1.38 bits per heavy atom. The third-order valence-electron chi connectivity index (χ3n) is 3.80. The molecule has 3 N–H and O–H groups in total. The first-order valence-corrected chi connectivity index (χ1v) is 8.17. The third kappa shape index (κ3) is 3.87. The van der Waals surface area contributed by atoms with E-state index in [-0.39, 0.29) is 17.3 Å². The molecular weight excluding hydrogens is 290 g/mol. The lowest BCUT2D eigenvalue weighted by Gasteiger charge is -2.28. The summed E-state index contributed by atoms with van der Waals surface area (Å²) in [6.45, 7) is 0. The highest BCUT2D eigenvalue weighted by Gasteiger charge is 2.25. The van der Waals surface area contributed by atoms with Gasteiger partial charge in [0.05, 0.1) is 4.92 Å². The quantitative estimate of drug-likeness (QED) is 0.506. The monoisotopic (exact) mass is 309 g/mol. The topological polar surface area (TPSA) is 98.3 Å². The molecule has 6 nitrogen and oxygen atoms in total. The minimum Gasteiger partial charge on any atom is -0.399 e. The molecule has 1 fully saturated rings. The molecule has 0 spiro atoms. The predicted octanol–water partition coefficient (Wildman–Crippen LogP) is 2.58. The summed E-state index contributed by atoms with van der Waals surface area (Å²) < 4.78 is 0. The van der Waals surface area contributed by atoms with Crippen LogP contribution in [0.3, 0.4) is 0 Å². The summed E-state index contributed by atoms with van der Waals surface area (Å²) in [6, 6.07) is 4.15. The number of nitrogens with one attached hydrogen (secondary N) is 1. The van der Waals surface area contributed by atoms with E-state index in [4.69, 9.17) is 5.73 Å². The summed E-state index contributed by atoms with van der Waals surface area (Å²) in [5, 5.41) is 14.5. The summed E-state index contributed by atoms with van der Waals surface area (Å²) in [4.78, 5) is 22.7. The van der Waals surface area contributed by atoms with Crippen LogP contribution in [0.1, 0.15) is 36.0 Å². The number of nitrogens with zero attached hydrogens (tertiary/aromatic N) is 1. The van der Waals surface area contributed by atoms with Crippen molar-refractivity contribution < 1.29 is 9.72 Å². The van der Waals surface area contributed by atoms with Crippen LogP contribution in [0.2, 0.25) is 0 Å². The summed E-state index contributed by atoms with van der Waals surface area (Å²) in [6.07, 6.45) is 6.04. The van der Waals surface area contributed by atoms with Gasteiger partial charge in [0.15, 0.2) is 0 Å². The van der Waals surface area contributed by atoms with Crippen LogP contribution in [0.15, 0.2) is 18.2 Å². The normalized spacial score (nSPS) is 21.8. The van der Waals surface area contributed by atoms with Crippen molar-refractivity contribution in [2.24, 2.45) is 0 Å². The summed E-state index contributed by atoms with van der Waals surface area (Å²) in [5.74, 6) is -0.415. The summed E-state index contributed by atoms with van der Waals surface area (Å²) >= 11 is 1.85. The fourth-order valence-corrected chi connectivity index (χ4v) is 3.34. The number of carbonyl (C=O) groups excluding carboxylic acids is 1. The Balaban J connectivity index is 2.07. The highest BCUT2D eigenvalue weighted by molar-refractivity contribution is 7.99. The number of nitrogens with two attached hydrogens (primary N) is 1. The second kappa shape index (κ2) is 6.80. The molecule has 21 heavy (non-hydrogen) atoms. The van der Waals surface area contributed by atoms with E-state index in [1.54, 1.807) is 0 Å². The maximum atomic E-state index is 12.3. The molecule has 0 atom stereocenters. The van der Waals surface area contributed by atoms with E-state index in [0.717, 1.165) is 25.7 Å². The minimum absolute atomic E-state index is 0.0342. The van der Waals surface area contributed by atoms with Crippen LogP contribution in [-0.2, 0) is 0 Å². The van der Waals surface area contributed by atoms with Crippen molar-refractivity contribution >= 4 is 29.0 Å². The molecule has 1 aliphatic rings. The maximum Gasteiger partial charge on any atom is 0.282 e. The zero-order valence-corrected chi connectivity index (χ0v) is 12.7. The number of hydrogen-bond acceptors (Lipinski definition) is 5. The molecule has 0 aliphatic heterocycles. The maximum absolute atomic E-state index is 12.3. The van der Waals surface area contributed by atoms with Crippen molar-refractivity contribution in [3.05, 3.63) is 33.9 Å². The van der Waals surface area contributed by atoms with E-state index in [2.05, 4.69) is 11.6 Å². The summed E-state index contributed by atoms with van der Waals surface area (Å²) in [5.41, 5.74) is 5.80. The Bertz CT molecular complexity index is 542. The average molecular weight is 309 g/mol. The molecule has 0 bridgehead atoms. The zero-order valence-electron chi connectivity index (χ0n) is 11.9. The van der Waals surface area contributed by atoms with Crippen molar-refractivity contribution in [3.8, 4) is 0 Å². The first-order chi connectivity index (χ1) is 10.0. The van der Waals surface area contributed by atoms with Gasteiger partial charge in [0.25, 0.3) is 11.6 Å². The molecule has 114 valence electrons.